The number of rotatable bonds is 7. The number of methoxy groups -OCH3 is 1. The van der Waals surface area contributed by atoms with Crippen LogP contribution in [0.1, 0.15) is 16.8 Å². The van der Waals surface area contributed by atoms with Gasteiger partial charge in [0.25, 0.3) is 0 Å². The van der Waals surface area contributed by atoms with E-state index < -0.39 is 5.91 Å². The molecule has 0 saturated heterocycles. The molecule has 0 radical (unpaired) electrons. The number of carbonyl (C=O) groups is 2. The summed E-state index contributed by atoms with van der Waals surface area (Å²) in [4.78, 5) is 23.0. The van der Waals surface area contributed by atoms with Crippen molar-refractivity contribution in [2.75, 3.05) is 19.0 Å². The van der Waals surface area contributed by atoms with Gasteiger partial charge >= 0.3 is 0 Å². The maximum atomic E-state index is 11.9. The number of nitrogens with two attached hydrogens (primary N) is 1. The third-order valence-electron chi connectivity index (χ3n) is 3.18. The molecule has 2 rings (SSSR count). The van der Waals surface area contributed by atoms with Gasteiger partial charge in [-0.2, -0.15) is 0 Å². The van der Waals surface area contributed by atoms with E-state index in [1.54, 1.807) is 37.4 Å². The van der Waals surface area contributed by atoms with Crippen LogP contribution >= 0.6 is 11.6 Å². The van der Waals surface area contributed by atoms with Gasteiger partial charge in [0.2, 0.25) is 11.8 Å². The van der Waals surface area contributed by atoms with Crippen LogP contribution in [0.3, 0.4) is 0 Å². The van der Waals surface area contributed by atoms with Crippen molar-refractivity contribution in [1.29, 1.82) is 0 Å². The summed E-state index contributed by atoms with van der Waals surface area (Å²) in [6.45, 7) is 0.227. The third-order valence-corrected chi connectivity index (χ3v) is 3.49. The second-order valence-electron chi connectivity index (χ2n) is 4.88. The number of anilines is 1. The maximum absolute atomic E-state index is 11.9. The molecule has 24 heavy (non-hydrogen) atoms. The highest BCUT2D eigenvalue weighted by Crippen LogP contribution is 2.21. The molecule has 0 saturated carbocycles. The van der Waals surface area contributed by atoms with Gasteiger partial charge < -0.3 is 20.5 Å². The first-order chi connectivity index (χ1) is 11.5. The standard InChI is InChI=1S/C17H17ClN2O4/c1-23-12-3-5-13(6-4-12)24-9-8-16(21)20-11-2-7-14(17(19)22)15(18)10-11/h2-7,10H,8-9H2,1H3,(H2,19,22)(H,20,21). The number of halogens is 1. The van der Waals surface area contributed by atoms with Crippen molar-refractivity contribution < 1.29 is 19.1 Å². The molecule has 0 aromatic heterocycles. The van der Waals surface area contributed by atoms with Gasteiger partial charge in [0.15, 0.2) is 0 Å². The van der Waals surface area contributed by atoms with E-state index in [-0.39, 0.29) is 29.5 Å². The average molecular weight is 349 g/mol. The molecule has 0 aliphatic heterocycles. The van der Waals surface area contributed by atoms with E-state index in [0.29, 0.717) is 11.4 Å². The summed E-state index contributed by atoms with van der Waals surface area (Å²) in [6.07, 6.45) is 0.168. The highest BCUT2D eigenvalue weighted by molar-refractivity contribution is 6.34. The van der Waals surface area contributed by atoms with E-state index >= 15 is 0 Å². The second-order valence-corrected chi connectivity index (χ2v) is 5.29. The lowest BCUT2D eigenvalue weighted by Gasteiger charge is -2.09. The topological polar surface area (TPSA) is 90.7 Å². The molecule has 6 nitrogen and oxygen atoms in total. The lowest BCUT2D eigenvalue weighted by Crippen LogP contribution is -2.16. The Labute approximate surface area is 144 Å². The van der Waals surface area contributed by atoms with Gasteiger partial charge in [-0.05, 0) is 42.5 Å². The molecule has 7 heteroatoms. The van der Waals surface area contributed by atoms with Crippen LogP contribution in [0.25, 0.3) is 0 Å². The lowest BCUT2D eigenvalue weighted by atomic mass is 10.2. The molecule has 3 N–H and O–H groups in total. The minimum atomic E-state index is -0.620. The van der Waals surface area contributed by atoms with Gasteiger partial charge in [-0.15, -0.1) is 0 Å². The molecular weight excluding hydrogens is 332 g/mol. The summed E-state index contributed by atoms with van der Waals surface area (Å²) in [6, 6.07) is 11.6. The molecular formula is C17H17ClN2O4. The normalized spacial score (nSPS) is 10.1. The molecule has 2 aromatic carbocycles. The van der Waals surface area contributed by atoms with E-state index in [9.17, 15) is 9.59 Å². The Kier molecular flexibility index (Phi) is 6.03. The summed E-state index contributed by atoms with van der Waals surface area (Å²) in [5.74, 6) is 0.533. The first-order valence-corrected chi connectivity index (χ1v) is 7.53. The molecule has 2 amide bonds. The van der Waals surface area contributed by atoms with Crippen molar-refractivity contribution in [2.45, 2.75) is 6.42 Å². The highest BCUT2D eigenvalue weighted by Gasteiger charge is 2.09. The molecule has 0 atom stereocenters. The van der Waals surface area contributed by atoms with E-state index in [0.717, 1.165) is 5.75 Å². The fourth-order valence-corrected chi connectivity index (χ4v) is 2.22. The highest BCUT2D eigenvalue weighted by atomic mass is 35.5. The first kappa shape index (κ1) is 17.6. The summed E-state index contributed by atoms with van der Waals surface area (Å²) in [7, 11) is 1.59. The van der Waals surface area contributed by atoms with Crippen LogP contribution in [-0.4, -0.2) is 25.5 Å². The molecule has 0 heterocycles. The van der Waals surface area contributed by atoms with Crippen molar-refractivity contribution in [3.63, 3.8) is 0 Å². The molecule has 0 aliphatic carbocycles. The zero-order valence-electron chi connectivity index (χ0n) is 13.0. The van der Waals surface area contributed by atoms with E-state index in [2.05, 4.69) is 5.32 Å². The number of ether oxygens (including phenoxy) is 2. The summed E-state index contributed by atoms with van der Waals surface area (Å²) in [5, 5.41) is 2.87. The van der Waals surface area contributed by atoms with Gasteiger partial charge in [0.1, 0.15) is 11.5 Å². The predicted molar refractivity (Wildman–Crippen MR) is 91.7 cm³/mol. The number of primary amides is 1. The summed E-state index contributed by atoms with van der Waals surface area (Å²) in [5.41, 5.74) is 5.86. The Morgan fingerprint density at radius 2 is 1.79 bits per heavy atom. The lowest BCUT2D eigenvalue weighted by molar-refractivity contribution is -0.116. The number of carbonyl (C=O) groups excluding carboxylic acids is 2. The van der Waals surface area contributed by atoms with Crippen molar-refractivity contribution in [3.8, 4) is 11.5 Å². The smallest absolute Gasteiger partial charge is 0.250 e. The van der Waals surface area contributed by atoms with Crippen molar-refractivity contribution in [2.24, 2.45) is 5.73 Å². The third kappa shape index (κ3) is 4.89. The first-order valence-electron chi connectivity index (χ1n) is 7.15. The van der Waals surface area contributed by atoms with Crippen LogP contribution in [0, 0.1) is 0 Å². The van der Waals surface area contributed by atoms with Crippen LogP contribution in [0.2, 0.25) is 5.02 Å². The van der Waals surface area contributed by atoms with E-state index in [4.69, 9.17) is 26.8 Å². The van der Waals surface area contributed by atoms with Crippen LogP contribution in [0.15, 0.2) is 42.5 Å². The average Bonchev–Trinajstić information content (AvgIpc) is 2.55. The molecule has 0 fully saturated rings. The fourth-order valence-electron chi connectivity index (χ4n) is 1.95. The Hall–Kier alpha value is -2.73. The SMILES string of the molecule is COc1ccc(OCCC(=O)Nc2ccc(C(N)=O)c(Cl)c2)cc1. The minimum absolute atomic E-state index is 0.168. The zero-order valence-corrected chi connectivity index (χ0v) is 13.8. The van der Waals surface area contributed by atoms with Crippen molar-refractivity contribution in [3.05, 3.63) is 53.1 Å². The van der Waals surface area contributed by atoms with Crippen LogP contribution < -0.4 is 20.5 Å². The van der Waals surface area contributed by atoms with Gasteiger partial charge in [0.05, 0.1) is 30.7 Å². The van der Waals surface area contributed by atoms with Crippen molar-refractivity contribution in [1.82, 2.24) is 0 Å². The Morgan fingerprint density at radius 1 is 1.12 bits per heavy atom. The van der Waals surface area contributed by atoms with E-state index in [1.165, 1.54) is 12.1 Å². The number of nitrogens with one attached hydrogen (secondary N) is 1. The molecule has 0 unspecified atom stereocenters. The maximum Gasteiger partial charge on any atom is 0.250 e. The predicted octanol–water partition coefficient (Wildman–Crippen LogP) is 2.86. The summed E-state index contributed by atoms with van der Waals surface area (Å²) >= 11 is 5.93. The zero-order chi connectivity index (χ0) is 17.5. The number of amides is 2. The second kappa shape index (κ2) is 8.21. The van der Waals surface area contributed by atoms with Crippen LogP contribution in [-0.2, 0) is 4.79 Å². The van der Waals surface area contributed by atoms with Gasteiger partial charge in [-0.25, -0.2) is 0 Å². The quantitative estimate of drug-likeness (QED) is 0.805. The number of benzene rings is 2. The Morgan fingerprint density at radius 3 is 2.38 bits per heavy atom. The van der Waals surface area contributed by atoms with E-state index in [1.807, 2.05) is 0 Å². The molecule has 0 spiro atoms. The van der Waals surface area contributed by atoms with Gasteiger partial charge in [0, 0.05) is 5.69 Å². The molecule has 2 aromatic rings. The Bertz CT molecular complexity index is 732. The Balaban J connectivity index is 1.82. The molecule has 0 aliphatic rings. The van der Waals surface area contributed by atoms with Crippen LogP contribution in [0.4, 0.5) is 5.69 Å². The number of hydrogen-bond acceptors (Lipinski definition) is 4. The monoisotopic (exact) mass is 348 g/mol. The molecule has 126 valence electrons. The van der Waals surface area contributed by atoms with Crippen LogP contribution in [0.5, 0.6) is 11.5 Å². The largest absolute Gasteiger partial charge is 0.497 e. The molecule has 0 bridgehead atoms. The van der Waals surface area contributed by atoms with Crippen molar-refractivity contribution >= 4 is 29.1 Å². The van der Waals surface area contributed by atoms with Gasteiger partial charge in [-0.3, -0.25) is 9.59 Å². The summed E-state index contributed by atoms with van der Waals surface area (Å²) < 4.78 is 10.5. The fraction of sp³-hybridized carbons (Fsp3) is 0.176. The minimum Gasteiger partial charge on any atom is -0.497 e. The number of hydrogen-bond donors (Lipinski definition) is 2. The van der Waals surface area contributed by atoms with Gasteiger partial charge in [-0.1, -0.05) is 11.6 Å².